The maximum atomic E-state index is 13.3. The van der Waals surface area contributed by atoms with Crippen LogP contribution in [-0.4, -0.2) is 42.0 Å². The van der Waals surface area contributed by atoms with E-state index in [0.717, 1.165) is 22.2 Å². The quantitative estimate of drug-likeness (QED) is 0.233. The highest BCUT2D eigenvalue weighted by Crippen LogP contribution is 2.21. The number of ether oxygens (including phenoxy) is 2. The minimum Gasteiger partial charge on any atom is -0.439 e. The van der Waals surface area contributed by atoms with Crippen LogP contribution in [0.3, 0.4) is 0 Å². The van der Waals surface area contributed by atoms with Crippen molar-refractivity contribution in [1.82, 2.24) is 20.2 Å². The highest BCUT2D eigenvalue weighted by molar-refractivity contribution is 14.0. The lowest BCUT2D eigenvalue weighted by atomic mass is 10.3. The summed E-state index contributed by atoms with van der Waals surface area (Å²) in [6, 6.07) is 9.62. The highest BCUT2D eigenvalue weighted by atomic mass is 127. The summed E-state index contributed by atoms with van der Waals surface area (Å²) in [4.78, 5) is 15.3. The van der Waals surface area contributed by atoms with Crippen molar-refractivity contribution in [3.05, 3.63) is 70.1 Å². The number of methoxy groups -OCH3 is 1. The molecule has 0 spiro atoms. The van der Waals surface area contributed by atoms with E-state index in [1.807, 2.05) is 30.3 Å². The fraction of sp³-hybridized carbons (Fsp3) is 0.318. The maximum Gasteiger partial charge on any atom is 0.219 e. The van der Waals surface area contributed by atoms with Gasteiger partial charge < -0.3 is 19.7 Å². The molecule has 0 radical (unpaired) electrons. The molecular formula is C22H27FIN5O2S. The van der Waals surface area contributed by atoms with E-state index < -0.39 is 0 Å². The summed E-state index contributed by atoms with van der Waals surface area (Å²) in [5.74, 6) is 1.20. The zero-order valence-corrected chi connectivity index (χ0v) is 21.6. The third-order valence-corrected chi connectivity index (χ3v) is 5.56. The van der Waals surface area contributed by atoms with Gasteiger partial charge in [-0.1, -0.05) is 12.1 Å². The second kappa shape index (κ2) is 12.7. The predicted molar refractivity (Wildman–Crippen MR) is 135 cm³/mol. The predicted octanol–water partition coefficient (Wildman–Crippen LogP) is 5.00. The van der Waals surface area contributed by atoms with Crippen LogP contribution in [0.15, 0.2) is 53.0 Å². The van der Waals surface area contributed by atoms with Crippen molar-refractivity contribution >= 4 is 41.3 Å². The molecule has 2 aromatic heterocycles. The van der Waals surface area contributed by atoms with Crippen molar-refractivity contribution in [3.8, 4) is 11.6 Å². The Bertz CT molecular complexity index is 1020. The van der Waals surface area contributed by atoms with Crippen molar-refractivity contribution < 1.29 is 13.9 Å². The number of hydrogen-bond donors (Lipinski definition) is 1. The number of benzene rings is 1. The number of aliphatic imine (C=N–C) groups is 1. The summed E-state index contributed by atoms with van der Waals surface area (Å²) in [5.41, 5.74) is 1.93. The van der Waals surface area contributed by atoms with E-state index in [2.05, 4.69) is 20.3 Å². The van der Waals surface area contributed by atoms with E-state index in [-0.39, 0.29) is 35.9 Å². The van der Waals surface area contributed by atoms with Crippen molar-refractivity contribution in [2.45, 2.75) is 26.1 Å². The Labute approximate surface area is 208 Å². The van der Waals surface area contributed by atoms with Gasteiger partial charge >= 0.3 is 0 Å². The minimum absolute atomic E-state index is 0. The van der Waals surface area contributed by atoms with Gasteiger partial charge in [0.2, 0.25) is 5.88 Å². The Balaban J connectivity index is 0.00000363. The molecule has 3 aromatic rings. The third kappa shape index (κ3) is 7.38. The first-order valence-corrected chi connectivity index (χ1v) is 10.6. The van der Waals surface area contributed by atoms with Crippen LogP contribution in [0.5, 0.6) is 11.6 Å². The van der Waals surface area contributed by atoms with Gasteiger partial charge in [-0.2, -0.15) is 0 Å². The molecule has 0 bridgehead atoms. The largest absolute Gasteiger partial charge is 0.439 e. The van der Waals surface area contributed by atoms with Gasteiger partial charge in [0.25, 0.3) is 0 Å². The van der Waals surface area contributed by atoms with Crippen LogP contribution in [-0.2, 0) is 17.8 Å². The molecule has 0 aliphatic rings. The standard InChI is InChI=1S/C22H26FN5O2S.HI/c1-15(29-4)21-27-18(14-31-21)13-28(3)22(24-2)26-12-16-8-9-20(25-11-16)30-19-7-5-6-17(23)10-19;/h5-11,14-15H,12-13H2,1-4H3,(H,24,26);1H. The molecule has 0 saturated carbocycles. The first kappa shape index (κ1) is 25.9. The second-order valence-electron chi connectivity index (χ2n) is 6.88. The van der Waals surface area contributed by atoms with Crippen LogP contribution in [0.2, 0.25) is 0 Å². The second-order valence-corrected chi connectivity index (χ2v) is 7.77. The van der Waals surface area contributed by atoms with Gasteiger partial charge in [0.05, 0.1) is 12.2 Å². The monoisotopic (exact) mass is 571 g/mol. The number of nitrogens with one attached hydrogen (secondary N) is 1. The Morgan fingerprint density at radius 3 is 2.78 bits per heavy atom. The minimum atomic E-state index is -0.351. The van der Waals surface area contributed by atoms with Gasteiger partial charge in [-0.15, -0.1) is 35.3 Å². The molecule has 3 rings (SSSR count). The van der Waals surface area contributed by atoms with Gasteiger partial charge in [0, 0.05) is 51.5 Å². The first-order chi connectivity index (χ1) is 15.0. The number of halogens is 2. The Morgan fingerprint density at radius 1 is 1.31 bits per heavy atom. The Morgan fingerprint density at radius 2 is 2.12 bits per heavy atom. The van der Waals surface area contributed by atoms with Crippen molar-refractivity contribution in [2.24, 2.45) is 4.99 Å². The van der Waals surface area contributed by atoms with Crippen molar-refractivity contribution in [2.75, 3.05) is 21.2 Å². The van der Waals surface area contributed by atoms with Crippen molar-refractivity contribution in [1.29, 1.82) is 0 Å². The van der Waals surface area contributed by atoms with Gasteiger partial charge in [-0.05, 0) is 24.6 Å². The van der Waals surface area contributed by atoms with Crippen LogP contribution in [0.25, 0.3) is 0 Å². The normalized spacial score (nSPS) is 12.1. The fourth-order valence-corrected chi connectivity index (χ4v) is 3.64. The average molecular weight is 571 g/mol. The van der Waals surface area contributed by atoms with Crippen molar-refractivity contribution in [3.63, 3.8) is 0 Å². The highest BCUT2D eigenvalue weighted by Gasteiger charge is 2.13. The Hall–Kier alpha value is -2.31. The third-order valence-electron chi connectivity index (χ3n) is 4.51. The lowest BCUT2D eigenvalue weighted by Crippen LogP contribution is -2.38. The summed E-state index contributed by atoms with van der Waals surface area (Å²) in [5, 5.41) is 6.32. The first-order valence-electron chi connectivity index (χ1n) is 9.75. The molecular weight excluding hydrogens is 544 g/mol. The van der Waals surface area contributed by atoms with E-state index in [1.165, 1.54) is 12.1 Å². The number of pyridine rings is 1. The zero-order valence-electron chi connectivity index (χ0n) is 18.4. The van der Waals surface area contributed by atoms with Crippen LogP contribution in [0.4, 0.5) is 4.39 Å². The van der Waals surface area contributed by atoms with Crippen LogP contribution in [0.1, 0.15) is 29.3 Å². The van der Waals surface area contributed by atoms with E-state index in [4.69, 9.17) is 9.47 Å². The molecule has 1 aromatic carbocycles. The molecule has 0 aliphatic heterocycles. The topological polar surface area (TPSA) is 71.9 Å². The fourth-order valence-electron chi connectivity index (χ4n) is 2.79. The number of nitrogens with zero attached hydrogens (tertiary/aromatic N) is 4. The molecule has 0 fully saturated rings. The number of rotatable bonds is 8. The zero-order chi connectivity index (χ0) is 22.2. The molecule has 0 aliphatic carbocycles. The van der Waals surface area contributed by atoms with Gasteiger partial charge in [-0.25, -0.2) is 14.4 Å². The molecule has 2 heterocycles. The molecule has 1 N–H and O–H groups in total. The maximum absolute atomic E-state index is 13.3. The smallest absolute Gasteiger partial charge is 0.219 e. The van der Waals surface area contributed by atoms with Crippen LogP contribution in [0, 0.1) is 5.82 Å². The van der Waals surface area contributed by atoms with E-state index >= 15 is 0 Å². The summed E-state index contributed by atoms with van der Waals surface area (Å²) in [6.07, 6.45) is 1.70. The van der Waals surface area contributed by atoms with E-state index in [9.17, 15) is 4.39 Å². The number of hydrogen-bond acceptors (Lipinski definition) is 6. The Kier molecular flexibility index (Phi) is 10.3. The summed E-state index contributed by atoms with van der Waals surface area (Å²) in [7, 11) is 5.38. The summed E-state index contributed by atoms with van der Waals surface area (Å²) < 4.78 is 24.2. The van der Waals surface area contributed by atoms with Crippen LogP contribution >= 0.6 is 35.3 Å². The summed E-state index contributed by atoms with van der Waals surface area (Å²) >= 11 is 1.59. The van der Waals surface area contributed by atoms with E-state index in [0.29, 0.717) is 24.7 Å². The van der Waals surface area contributed by atoms with Crippen LogP contribution < -0.4 is 10.1 Å². The molecule has 0 saturated heterocycles. The molecule has 7 nitrogen and oxygen atoms in total. The van der Waals surface area contributed by atoms with Gasteiger partial charge in [0.1, 0.15) is 22.7 Å². The SMILES string of the molecule is CN=C(NCc1ccc(Oc2cccc(F)c2)nc1)N(C)Cc1csc(C(C)OC)n1.I. The molecule has 0 amide bonds. The number of thiazole rings is 1. The lowest BCUT2D eigenvalue weighted by molar-refractivity contribution is 0.119. The number of aromatic nitrogens is 2. The summed E-state index contributed by atoms with van der Waals surface area (Å²) in [6.45, 7) is 3.16. The molecule has 1 atom stereocenters. The lowest BCUT2D eigenvalue weighted by Gasteiger charge is -2.21. The molecule has 1 unspecified atom stereocenters. The molecule has 172 valence electrons. The average Bonchev–Trinajstić information content (AvgIpc) is 3.23. The van der Waals surface area contributed by atoms with Gasteiger partial charge in [-0.3, -0.25) is 4.99 Å². The number of guanidine groups is 1. The van der Waals surface area contributed by atoms with E-state index in [1.54, 1.807) is 49.9 Å². The molecule has 10 heteroatoms. The molecule has 32 heavy (non-hydrogen) atoms. The van der Waals surface area contributed by atoms with Gasteiger partial charge in [0.15, 0.2) is 5.96 Å².